The SMILES string of the molecule is O=C(Nc1ccc(Cl)cc1C(F)(F)F)[C@@H]1CCCN(S(=O)(=O)Cc2ccc(Cl)cc2Cl)C1. The molecule has 0 spiro atoms. The van der Waals surface area contributed by atoms with Gasteiger partial charge in [0, 0.05) is 28.2 Å². The molecule has 1 aliphatic rings. The van der Waals surface area contributed by atoms with E-state index in [0.29, 0.717) is 23.4 Å². The van der Waals surface area contributed by atoms with Crippen molar-refractivity contribution >= 4 is 56.4 Å². The summed E-state index contributed by atoms with van der Waals surface area (Å²) >= 11 is 17.6. The molecule has 1 aliphatic heterocycles. The van der Waals surface area contributed by atoms with Crippen LogP contribution in [-0.4, -0.2) is 31.7 Å². The summed E-state index contributed by atoms with van der Waals surface area (Å²) in [4.78, 5) is 12.7. The molecule has 12 heteroatoms. The summed E-state index contributed by atoms with van der Waals surface area (Å²) in [5.41, 5.74) is -1.14. The van der Waals surface area contributed by atoms with E-state index < -0.39 is 39.3 Å². The summed E-state index contributed by atoms with van der Waals surface area (Å²) in [6.07, 6.45) is -3.99. The first-order valence-corrected chi connectivity index (χ1v) is 12.2. The lowest BCUT2D eigenvalue weighted by atomic mass is 9.98. The standard InChI is InChI=1S/C20H18Cl3F3N2O3S/c21-14-5-6-18(16(8-14)20(24,25)26)27-19(29)12-2-1-7-28(10-12)32(30,31)11-13-3-4-15(22)9-17(13)23/h3-6,8-9,12H,1-2,7,10-11H2,(H,27,29)/t12-/m1/s1. The highest BCUT2D eigenvalue weighted by Gasteiger charge is 2.36. The van der Waals surface area contributed by atoms with Crippen molar-refractivity contribution in [2.75, 3.05) is 18.4 Å². The second-order valence-electron chi connectivity index (χ2n) is 7.37. The van der Waals surface area contributed by atoms with Gasteiger partial charge in [0.15, 0.2) is 0 Å². The van der Waals surface area contributed by atoms with Crippen LogP contribution in [0.5, 0.6) is 0 Å². The summed E-state index contributed by atoms with van der Waals surface area (Å²) in [5.74, 6) is -1.88. The van der Waals surface area contributed by atoms with Crippen LogP contribution in [-0.2, 0) is 26.7 Å². The van der Waals surface area contributed by atoms with Crippen LogP contribution in [0.4, 0.5) is 18.9 Å². The Morgan fingerprint density at radius 3 is 2.41 bits per heavy atom. The third-order valence-corrected chi connectivity index (χ3v) is 7.66. The molecule has 0 aliphatic carbocycles. The molecule has 2 aromatic rings. The average Bonchev–Trinajstić information content (AvgIpc) is 2.70. The topological polar surface area (TPSA) is 66.5 Å². The minimum atomic E-state index is -4.71. The maximum absolute atomic E-state index is 13.3. The number of hydrogen-bond donors (Lipinski definition) is 1. The van der Waals surface area contributed by atoms with E-state index in [-0.39, 0.29) is 28.9 Å². The number of sulfonamides is 1. The zero-order chi connectivity index (χ0) is 23.7. The molecular weight excluding hydrogens is 512 g/mol. The summed E-state index contributed by atoms with van der Waals surface area (Å²) in [7, 11) is -3.82. The van der Waals surface area contributed by atoms with E-state index in [9.17, 15) is 26.4 Å². The number of anilines is 1. The number of carbonyl (C=O) groups is 1. The minimum absolute atomic E-state index is 0.119. The molecule has 0 bridgehead atoms. The summed E-state index contributed by atoms with van der Waals surface area (Å²) in [6, 6.07) is 7.50. The highest BCUT2D eigenvalue weighted by molar-refractivity contribution is 7.88. The van der Waals surface area contributed by atoms with Gasteiger partial charge < -0.3 is 5.32 Å². The number of amides is 1. The number of piperidine rings is 1. The molecule has 174 valence electrons. The van der Waals surface area contributed by atoms with Crippen molar-refractivity contribution in [1.29, 1.82) is 0 Å². The van der Waals surface area contributed by atoms with Crippen molar-refractivity contribution < 1.29 is 26.4 Å². The predicted molar refractivity (Wildman–Crippen MR) is 118 cm³/mol. The molecule has 3 rings (SSSR count). The van der Waals surface area contributed by atoms with Crippen LogP contribution in [0.1, 0.15) is 24.0 Å². The highest BCUT2D eigenvalue weighted by atomic mass is 35.5. The van der Waals surface area contributed by atoms with E-state index in [1.165, 1.54) is 24.3 Å². The van der Waals surface area contributed by atoms with E-state index in [0.717, 1.165) is 16.4 Å². The Morgan fingerprint density at radius 2 is 1.75 bits per heavy atom. The summed E-state index contributed by atoms with van der Waals surface area (Å²) in [6.45, 7) is 0.0559. The summed E-state index contributed by atoms with van der Waals surface area (Å²) in [5, 5.41) is 2.73. The third-order valence-electron chi connectivity index (χ3n) is 5.05. The van der Waals surface area contributed by atoms with Gasteiger partial charge in [-0.15, -0.1) is 0 Å². The molecule has 0 radical (unpaired) electrons. The first kappa shape index (κ1) is 25.1. The first-order chi connectivity index (χ1) is 14.9. The molecule has 1 N–H and O–H groups in total. The minimum Gasteiger partial charge on any atom is -0.325 e. The van der Waals surface area contributed by atoms with Gasteiger partial charge in [-0.25, -0.2) is 12.7 Å². The molecular formula is C20H18Cl3F3N2O3S. The van der Waals surface area contributed by atoms with Gasteiger partial charge in [0.1, 0.15) is 0 Å². The predicted octanol–water partition coefficient (Wildman–Crippen LogP) is 5.85. The van der Waals surface area contributed by atoms with Crippen LogP contribution >= 0.6 is 34.8 Å². The maximum atomic E-state index is 13.3. The first-order valence-electron chi connectivity index (χ1n) is 9.46. The molecule has 0 saturated carbocycles. The van der Waals surface area contributed by atoms with Gasteiger partial charge in [0.05, 0.1) is 22.9 Å². The van der Waals surface area contributed by atoms with E-state index >= 15 is 0 Å². The molecule has 1 amide bonds. The lowest BCUT2D eigenvalue weighted by Crippen LogP contribution is -2.44. The molecule has 1 saturated heterocycles. The van der Waals surface area contributed by atoms with Crippen LogP contribution in [0.3, 0.4) is 0 Å². The molecule has 5 nitrogen and oxygen atoms in total. The van der Waals surface area contributed by atoms with Gasteiger partial charge in [-0.2, -0.15) is 13.2 Å². The van der Waals surface area contributed by atoms with E-state index in [2.05, 4.69) is 5.32 Å². The largest absolute Gasteiger partial charge is 0.418 e. The second-order valence-corrected chi connectivity index (χ2v) is 10.6. The zero-order valence-electron chi connectivity index (χ0n) is 16.4. The Balaban J connectivity index is 1.74. The Bertz CT molecular complexity index is 1130. The van der Waals surface area contributed by atoms with Crippen molar-refractivity contribution in [3.63, 3.8) is 0 Å². The third kappa shape index (κ3) is 6.08. The van der Waals surface area contributed by atoms with Gasteiger partial charge in [-0.3, -0.25) is 4.79 Å². The molecule has 1 heterocycles. The Hall–Kier alpha value is -1.52. The van der Waals surface area contributed by atoms with Gasteiger partial charge in [0.25, 0.3) is 0 Å². The maximum Gasteiger partial charge on any atom is 0.418 e. The average molecular weight is 530 g/mol. The van der Waals surface area contributed by atoms with Gasteiger partial charge >= 0.3 is 6.18 Å². The van der Waals surface area contributed by atoms with Crippen LogP contribution in [0.2, 0.25) is 15.1 Å². The normalized spacial score (nSPS) is 17.9. The van der Waals surface area contributed by atoms with E-state index in [1.807, 2.05) is 0 Å². The Morgan fingerprint density at radius 1 is 1.09 bits per heavy atom. The fourth-order valence-electron chi connectivity index (χ4n) is 3.43. The number of carbonyl (C=O) groups excluding carboxylic acids is 1. The van der Waals surface area contributed by atoms with Gasteiger partial charge in [-0.05, 0) is 48.7 Å². The molecule has 2 aromatic carbocycles. The van der Waals surface area contributed by atoms with E-state index in [4.69, 9.17) is 34.8 Å². The van der Waals surface area contributed by atoms with E-state index in [1.54, 1.807) is 0 Å². The zero-order valence-corrected chi connectivity index (χ0v) is 19.5. The summed E-state index contributed by atoms with van der Waals surface area (Å²) < 4.78 is 66.8. The number of alkyl halides is 3. The number of nitrogens with zero attached hydrogens (tertiary/aromatic N) is 1. The molecule has 0 aromatic heterocycles. The van der Waals surface area contributed by atoms with Crippen LogP contribution in [0.25, 0.3) is 0 Å². The number of halogens is 6. The van der Waals surface area contributed by atoms with Crippen molar-refractivity contribution in [1.82, 2.24) is 4.31 Å². The smallest absolute Gasteiger partial charge is 0.325 e. The number of hydrogen-bond acceptors (Lipinski definition) is 3. The fraction of sp³-hybridized carbons (Fsp3) is 0.350. The number of nitrogens with one attached hydrogen (secondary N) is 1. The Kier molecular flexibility index (Phi) is 7.66. The highest BCUT2D eigenvalue weighted by Crippen LogP contribution is 2.37. The lowest BCUT2D eigenvalue weighted by Gasteiger charge is -2.31. The van der Waals surface area contributed by atoms with Crippen molar-refractivity contribution in [3.8, 4) is 0 Å². The molecule has 0 unspecified atom stereocenters. The van der Waals surface area contributed by atoms with Crippen LogP contribution in [0.15, 0.2) is 36.4 Å². The van der Waals surface area contributed by atoms with Crippen LogP contribution in [0, 0.1) is 5.92 Å². The molecule has 32 heavy (non-hydrogen) atoms. The number of rotatable bonds is 5. The lowest BCUT2D eigenvalue weighted by molar-refractivity contribution is -0.137. The molecule has 1 atom stereocenters. The van der Waals surface area contributed by atoms with Gasteiger partial charge in [0.2, 0.25) is 15.9 Å². The number of benzene rings is 2. The fourth-order valence-corrected chi connectivity index (χ4v) is 5.80. The quantitative estimate of drug-likeness (QED) is 0.529. The van der Waals surface area contributed by atoms with Crippen LogP contribution < -0.4 is 5.32 Å². The van der Waals surface area contributed by atoms with Gasteiger partial charge in [-0.1, -0.05) is 40.9 Å². The Labute approximate surface area is 198 Å². The monoisotopic (exact) mass is 528 g/mol. The van der Waals surface area contributed by atoms with Crippen molar-refractivity contribution in [3.05, 3.63) is 62.6 Å². The van der Waals surface area contributed by atoms with Crippen molar-refractivity contribution in [2.24, 2.45) is 5.92 Å². The van der Waals surface area contributed by atoms with Crippen molar-refractivity contribution in [2.45, 2.75) is 24.8 Å². The second kappa shape index (κ2) is 9.77. The molecule has 1 fully saturated rings.